The van der Waals surface area contributed by atoms with Gasteiger partial charge in [-0.3, -0.25) is 4.79 Å². The molecule has 1 atom stereocenters. The van der Waals surface area contributed by atoms with E-state index in [0.29, 0.717) is 0 Å². The van der Waals surface area contributed by atoms with Crippen LogP contribution in [0.5, 0.6) is 0 Å². The first-order chi connectivity index (χ1) is 15.7. The Hall–Kier alpha value is -3.24. The SMILES string of the molecule is O=C(N[C@H]1CCN(CCc2ccc(F)cc2)C1)C1c2ccccc2C=Cc2ccccc21. The molecule has 162 valence electrons. The smallest absolute Gasteiger partial charge is 0.232 e. The summed E-state index contributed by atoms with van der Waals surface area (Å²) in [6.07, 6.45) is 6.04. The van der Waals surface area contributed by atoms with E-state index in [9.17, 15) is 9.18 Å². The van der Waals surface area contributed by atoms with Crippen LogP contribution in [0.25, 0.3) is 12.2 Å². The zero-order valence-electron chi connectivity index (χ0n) is 18.0. The van der Waals surface area contributed by atoms with Gasteiger partial charge >= 0.3 is 0 Å². The van der Waals surface area contributed by atoms with Crippen molar-refractivity contribution in [2.75, 3.05) is 19.6 Å². The highest BCUT2D eigenvalue weighted by molar-refractivity contribution is 5.92. The third-order valence-corrected chi connectivity index (χ3v) is 6.57. The van der Waals surface area contributed by atoms with Crippen LogP contribution in [0.15, 0.2) is 72.8 Å². The molecule has 1 N–H and O–H groups in total. The number of fused-ring (bicyclic) bond motifs is 2. The summed E-state index contributed by atoms with van der Waals surface area (Å²) < 4.78 is 13.1. The van der Waals surface area contributed by atoms with Crippen LogP contribution in [0.3, 0.4) is 0 Å². The first-order valence-electron chi connectivity index (χ1n) is 11.3. The summed E-state index contributed by atoms with van der Waals surface area (Å²) in [7, 11) is 0. The Balaban J connectivity index is 1.27. The first-order valence-corrected chi connectivity index (χ1v) is 11.3. The van der Waals surface area contributed by atoms with Gasteiger partial charge in [0.15, 0.2) is 0 Å². The summed E-state index contributed by atoms with van der Waals surface area (Å²) in [6.45, 7) is 2.73. The molecule has 2 aliphatic rings. The lowest BCUT2D eigenvalue weighted by molar-refractivity contribution is -0.122. The molecule has 0 bridgehead atoms. The molecule has 4 heteroatoms. The van der Waals surface area contributed by atoms with E-state index in [-0.39, 0.29) is 23.7 Å². The lowest BCUT2D eigenvalue weighted by atomic mass is 9.87. The zero-order valence-corrected chi connectivity index (χ0v) is 18.0. The van der Waals surface area contributed by atoms with Crippen molar-refractivity contribution in [1.82, 2.24) is 10.2 Å². The largest absolute Gasteiger partial charge is 0.351 e. The summed E-state index contributed by atoms with van der Waals surface area (Å²) in [6, 6.07) is 23.2. The fraction of sp³-hybridized carbons (Fsp3) is 0.250. The molecular weight excluding hydrogens is 399 g/mol. The number of amides is 1. The summed E-state index contributed by atoms with van der Waals surface area (Å²) in [4.78, 5) is 15.9. The van der Waals surface area contributed by atoms with Crippen molar-refractivity contribution >= 4 is 18.1 Å². The Morgan fingerprint density at radius 2 is 1.53 bits per heavy atom. The van der Waals surface area contributed by atoms with Crippen LogP contribution < -0.4 is 5.32 Å². The second kappa shape index (κ2) is 9.09. The Morgan fingerprint density at radius 3 is 2.19 bits per heavy atom. The number of nitrogens with zero attached hydrogens (tertiary/aromatic N) is 1. The van der Waals surface area contributed by atoms with E-state index in [1.54, 1.807) is 0 Å². The number of likely N-dealkylation sites (tertiary alicyclic amines) is 1. The van der Waals surface area contributed by atoms with Gasteiger partial charge in [-0.1, -0.05) is 72.8 Å². The van der Waals surface area contributed by atoms with Gasteiger partial charge in [0.25, 0.3) is 0 Å². The molecule has 0 aromatic heterocycles. The van der Waals surface area contributed by atoms with E-state index in [1.165, 1.54) is 12.1 Å². The van der Waals surface area contributed by atoms with E-state index < -0.39 is 0 Å². The molecule has 1 heterocycles. The molecule has 1 aliphatic heterocycles. The lowest BCUT2D eigenvalue weighted by Gasteiger charge is -2.23. The van der Waals surface area contributed by atoms with E-state index >= 15 is 0 Å². The van der Waals surface area contributed by atoms with Crippen molar-refractivity contribution in [2.24, 2.45) is 0 Å². The van der Waals surface area contributed by atoms with Crippen LogP contribution in [0.1, 0.15) is 40.2 Å². The Bertz CT molecular complexity index is 1090. The highest BCUT2D eigenvalue weighted by Crippen LogP contribution is 2.34. The minimum absolute atomic E-state index is 0.0685. The highest BCUT2D eigenvalue weighted by atomic mass is 19.1. The molecule has 0 saturated carbocycles. The minimum atomic E-state index is -0.314. The maximum atomic E-state index is 13.6. The second-order valence-corrected chi connectivity index (χ2v) is 8.70. The van der Waals surface area contributed by atoms with Gasteiger partial charge in [0.05, 0.1) is 5.92 Å². The molecule has 0 spiro atoms. The van der Waals surface area contributed by atoms with Crippen LogP contribution in [0.4, 0.5) is 4.39 Å². The van der Waals surface area contributed by atoms with Gasteiger partial charge in [0.2, 0.25) is 5.91 Å². The Kier molecular flexibility index (Phi) is 5.87. The minimum Gasteiger partial charge on any atom is -0.351 e. The van der Waals surface area contributed by atoms with Gasteiger partial charge in [-0.25, -0.2) is 4.39 Å². The molecule has 0 unspecified atom stereocenters. The van der Waals surface area contributed by atoms with Gasteiger partial charge in [-0.2, -0.15) is 0 Å². The molecule has 0 radical (unpaired) electrons. The zero-order chi connectivity index (χ0) is 21.9. The molecule has 3 aromatic carbocycles. The molecule has 1 aliphatic carbocycles. The third kappa shape index (κ3) is 4.37. The summed E-state index contributed by atoms with van der Waals surface area (Å²) >= 11 is 0. The number of carbonyl (C=O) groups is 1. The second-order valence-electron chi connectivity index (χ2n) is 8.70. The monoisotopic (exact) mass is 426 g/mol. The summed E-state index contributed by atoms with van der Waals surface area (Å²) in [5, 5.41) is 3.34. The number of nitrogens with one attached hydrogen (secondary N) is 1. The van der Waals surface area contributed by atoms with Crippen molar-refractivity contribution < 1.29 is 9.18 Å². The van der Waals surface area contributed by atoms with Crippen LogP contribution >= 0.6 is 0 Å². The molecule has 1 fully saturated rings. The Labute approximate surface area is 188 Å². The molecule has 5 rings (SSSR count). The van der Waals surface area contributed by atoms with E-state index in [1.807, 2.05) is 36.4 Å². The van der Waals surface area contributed by atoms with Crippen LogP contribution in [-0.4, -0.2) is 36.5 Å². The van der Waals surface area contributed by atoms with E-state index in [0.717, 1.165) is 60.3 Å². The van der Waals surface area contributed by atoms with Crippen molar-refractivity contribution in [3.63, 3.8) is 0 Å². The lowest BCUT2D eigenvalue weighted by Crippen LogP contribution is -2.40. The highest BCUT2D eigenvalue weighted by Gasteiger charge is 2.31. The van der Waals surface area contributed by atoms with Gasteiger partial charge in [0.1, 0.15) is 5.82 Å². The predicted octanol–water partition coefficient (Wildman–Crippen LogP) is 4.87. The summed E-state index contributed by atoms with van der Waals surface area (Å²) in [5.41, 5.74) is 5.43. The number of rotatable bonds is 5. The third-order valence-electron chi connectivity index (χ3n) is 6.57. The first kappa shape index (κ1) is 20.7. The van der Waals surface area contributed by atoms with Gasteiger partial charge < -0.3 is 10.2 Å². The fourth-order valence-corrected chi connectivity index (χ4v) is 4.86. The molecule has 3 aromatic rings. The Morgan fingerprint density at radius 1 is 0.906 bits per heavy atom. The number of hydrogen-bond donors (Lipinski definition) is 1. The maximum Gasteiger partial charge on any atom is 0.232 e. The molecule has 1 saturated heterocycles. The van der Waals surface area contributed by atoms with Crippen molar-refractivity contribution in [3.05, 3.63) is 106 Å². The molecule has 3 nitrogen and oxygen atoms in total. The predicted molar refractivity (Wildman–Crippen MR) is 127 cm³/mol. The number of carbonyl (C=O) groups excluding carboxylic acids is 1. The average molecular weight is 427 g/mol. The van der Waals surface area contributed by atoms with Crippen LogP contribution in [0.2, 0.25) is 0 Å². The number of hydrogen-bond acceptors (Lipinski definition) is 2. The topological polar surface area (TPSA) is 32.3 Å². The number of halogens is 1. The average Bonchev–Trinajstić information content (AvgIpc) is 3.18. The molecular formula is C28H27FN2O. The standard InChI is InChI=1S/C28H27FN2O/c29-23-13-9-20(10-14-23)15-17-31-18-16-24(19-31)30-28(32)27-25-7-3-1-5-21(25)11-12-22-6-2-4-8-26(22)27/h1-14,24,27H,15-19H2,(H,30,32)/t24-/m0/s1. The summed E-state index contributed by atoms with van der Waals surface area (Å²) in [5.74, 6) is -0.445. The quantitative estimate of drug-likeness (QED) is 0.631. The normalized spacial score (nSPS) is 18.1. The van der Waals surface area contributed by atoms with E-state index in [4.69, 9.17) is 0 Å². The van der Waals surface area contributed by atoms with Crippen molar-refractivity contribution in [1.29, 1.82) is 0 Å². The fourth-order valence-electron chi connectivity index (χ4n) is 4.86. The van der Waals surface area contributed by atoms with Gasteiger partial charge in [0, 0.05) is 25.7 Å². The van der Waals surface area contributed by atoms with Gasteiger partial charge in [-0.05, 0) is 52.8 Å². The van der Waals surface area contributed by atoms with Crippen molar-refractivity contribution in [2.45, 2.75) is 24.8 Å². The van der Waals surface area contributed by atoms with Gasteiger partial charge in [-0.15, -0.1) is 0 Å². The van der Waals surface area contributed by atoms with Crippen LogP contribution in [0, 0.1) is 5.82 Å². The maximum absolute atomic E-state index is 13.6. The number of benzene rings is 3. The van der Waals surface area contributed by atoms with Crippen molar-refractivity contribution in [3.8, 4) is 0 Å². The van der Waals surface area contributed by atoms with E-state index in [2.05, 4.69) is 46.6 Å². The van der Waals surface area contributed by atoms with Crippen LogP contribution in [-0.2, 0) is 11.2 Å². The molecule has 1 amide bonds. The molecule has 32 heavy (non-hydrogen) atoms.